The Hall–Kier alpha value is -0.670. The summed E-state index contributed by atoms with van der Waals surface area (Å²) in [6.45, 7) is 2.72. The first-order valence-electron chi connectivity index (χ1n) is 5.37. The molecule has 1 aromatic carbocycles. The molecule has 0 radical (unpaired) electrons. The van der Waals surface area contributed by atoms with Gasteiger partial charge >= 0.3 is 0 Å². The second kappa shape index (κ2) is 7.58. The van der Waals surface area contributed by atoms with E-state index in [0.717, 1.165) is 17.2 Å². The van der Waals surface area contributed by atoms with Crippen LogP contribution in [0.2, 0.25) is 5.02 Å². The molecule has 0 bridgehead atoms. The maximum atomic E-state index is 11.2. The van der Waals surface area contributed by atoms with Gasteiger partial charge in [0, 0.05) is 28.6 Å². The number of nitrogens with one attached hydrogen (secondary N) is 1. The maximum Gasteiger partial charge on any atom is 0.220 e. The molecule has 0 fully saturated rings. The summed E-state index contributed by atoms with van der Waals surface area (Å²) in [4.78, 5) is 12.3. The minimum Gasteiger partial charge on any atom is -0.355 e. The summed E-state index contributed by atoms with van der Waals surface area (Å²) < 4.78 is 0. The number of hydrogen-bond acceptors (Lipinski definition) is 2. The molecule has 0 aliphatic heterocycles. The minimum absolute atomic E-state index is 0.138. The third-order valence-corrected chi connectivity index (χ3v) is 3.25. The van der Waals surface area contributed by atoms with Crippen molar-refractivity contribution >= 4 is 29.3 Å². The molecule has 0 aliphatic carbocycles. The van der Waals surface area contributed by atoms with Crippen molar-refractivity contribution in [2.45, 2.75) is 24.7 Å². The average molecular weight is 258 g/mol. The minimum atomic E-state index is 0.138. The van der Waals surface area contributed by atoms with E-state index in [9.17, 15) is 4.79 Å². The molecule has 1 rings (SSSR count). The van der Waals surface area contributed by atoms with Gasteiger partial charge in [-0.1, -0.05) is 18.5 Å². The molecule has 1 aromatic rings. The molecule has 4 heteroatoms. The van der Waals surface area contributed by atoms with Crippen LogP contribution in [0.25, 0.3) is 0 Å². The molecule has 0 unspecified atom stereocenters. The van der Waals surface area contributed by atoms with Crippen LogP contribution in [0, 0.1) is 0 Å². The quantitative estimate of drug-likeness (QED) is 0.626. The van der Waals surface area contributed by atoms with Gasteiger partial charge < -0.3 is 5.32 Å². The number of rotatable bonds is 6. The summed E-state index contributed by atoms with van der Waals surface area (Å²) in [6, 6.07) is 7.72. The van der Waals surface area contributed by atoms with Crippen LogP contribution < -0.4 is 5.32 Å². The van der Waals surface area contributed by atoms with Crippen LogP contribution in [-0.4, -0.2) is 18.2 Å². The van der Waals surface area contributed by atoms with Gasteiger partial charge in [0.1, 0.15) is 0 Å². The number of hydrogen-bond donors (Lipinski definition) is 1. The average Bonchev–Trinajstić information content (AvgIpc) is 2.27. The van der Waals surface area contributed by atoms with E-state index in [4.69, 9.17) is 11.6 Å². The Labute approximate surface area is 106 Å². The SMILES string of the molecule is CCCC(=O)NCCSc1ccc(Cl)cc1. The Morgan fingerprint density at radius 3 is 2.69 bits per heavy atom. The number of halogens is 1. The molecule has 0 saturated heterocycles. The highest BCUT2D eigenvalue weighted by Crippen LogP contribution is 2.19. The van der Waals surface area contributed by atoms with E-state index in [0.29, 0.717) is 13.0 Å². The predicted octanol–water partition coefficient (Wildman–Crippen LogP) is 3.35. The smallest absolute Gasteiger partial charge is 0.220 e. The van der Waals surface area contributed by atoms with Gasteiger partial charge in [-0.15, -0.1) is 11.8 Å². The van der Waals surface area contributed by atoms with Crippen LogP contribution in [-0.2, 0) is 4.79 Å². The first-order valence-corrected chi connectivity index (χ1v) is 6.74. The molecular weight excluding hydrogens is 242 g/mol. The van der Waals surface area contributed by atoms with Gasteiger partial charge in [0.2, 0.25) is 5.91 Å². The van der Waals surface area contributed by atoms with Gasteiger partial charge in [-0.25, -0.2) is 0 Å². The van der Waals surface area contributed by atoms with Gasteiger partial charge in [0.15, 0.2) is 0 Å². The molecule has 0 saturated carbocycles. The zero-order chi connectivity index (χ0) is 11.8. The van der Waals surface area contributed by atoms with Crippen LogP contribution >= 0.6 is 23.4 Å². The Morgan fingerprint density at radius 1 is 1.38 bits per heavy atom. The third-order valence-electron chi connectivity index (χ3n) is 1.98. The van der Waals surface area contributed by atoms with Crippen LogP contribution in [0.15, 0.2) is 29.2 Å². The second-order valence-corrected chi connectivity index (χ2v) is 5.01. The van der Waals surface area contributed by atoms with Crippen LogP contribution in [0.4, 0.5) is 0 Å². The fourth-order valence-corrected chi connectivity index (χ4v) is 2.10. The Balaban J connectivity index is 2.16. The lowest BCUT2D eigenvalue weighted by molar-refractivity contribution is -0.120. The fraction of sp³-hybridized carbons (Fsp3) is 0.417. The number of carbonyl (C=O) groups excluding carboxylic acids is 1. The maximum absolute atomic E-state index is 11.2. The van der Waals surface area contributed by atoms with E-state index in [2.05, 4.69) is 5.32 Å². The number of carbonyl (C=O) groups is 1. The van der Waals surface area contributed by atoms with Crippen molar-refractivity contribution < 1.29 is 4.79 Å². The van der Waals surface area contributed by atoms with Crippen LogP contribution in [0.3, 0.4) is 0 Å². The Morgan fingerprint density at radius 2 is 2.06 bits per heavy atom. The van der Waals surface area contributed by atoms with Gasteiger partial charge in [-0.05, 0) is 30.7 Å². The van der Waals surface area contributed by atoms with Crippen molar-refractivity contribution in [3.05, 3.63) is 29.3 Å². The van der Waals surface area contributed by atoms with Crippen molar-refractivity contribution in [2.75, 3.05) is 12.3 Å². The fourth-order valence-electron chi connectivity index (χ4n) is 1.21. The van der Waals surface area contributed by atoms with Gasteiger partial charge in [0.05, 0.1) is 0 Å². The molecule has 0 aromatic heterocycles. The van der Waals surface area contributed by atoms with Crippen molar-refractivity contribution in [2.24, 2.45) is 0 Å². The predicted molar refractivity (Wildman–Crippen MR) is 70.1 cm³/mol. The number of thioether (sulfide) groups is 1. The van der Waals surface area contributed by atoms with Crippen molar-refractivity contribution in [3.63, 3.8) is 0 Å². The van der Waals surface area contributed by atoms with E-state index in [1.54, 1.807) is 11.8 Å². The summed E-state index contributed by atoms with van der Waals surface area (Å²) in [5.41, 5.74) is 0. The lowest BCUT2D eigenvalue weighted by Crippen LogP contribution is -2.25. The van der Waals surface area contributed by atoms with E-state index in [1.807, 2.05) is 31.2 Å². The number of benzene rings is 1. The Bertz CT molecular complexity index is 326. The molecular formula is C12H16ClNOS. The third kappa shape index (κ3) is 5.42. The van der Waals surface area contributed by atoms with Gasteiger partial charge in [0.25, 0.3) is 0 Å². The first kappa shape index (κ1) is 13.4. The van der Waals surface area contributed by atoms with Crippen molar-refractivity contribution in [1.29, 1.82) is 0 Å². The van der Waals surface area contributed by atoms with E-state index in [1.165, 1.54) is 4.90 Å². The molecule has 2 nitrogen and oxygen atoms in total. The summed E-state index contributed by atoms with van der Waals surface area (Å²) in [5, 5.41) is 3.63. The molecule has 0 heterocycles. The zero-order valence-electron chi connectivity index (χ0n) is 9.33. The monoisotopic (exact) mass is 257 g/mol. The van der Waals surface area contributed by atoms with Crippen LogP contribution in [0.1, 0.15) is 19.8 Å². The standard InChI is InChI=1S/C12H16ClNOS/c1-2-3-12(15)14-8-9-16-11-6-4-10(13)5-7-11/h4-7H,2-3,8-9H2,1H3,(H,14,15). The molecule has 16 heavy (non-hydrogen) atoms. The van der Waals surface area contributed by atoms with E-state index < -0.39 is 0 Å². The number of amides is 1. The largest absolute Gasteiger partial charge is 0.355 e. The first-order chi connectivity index (χ1) is 7.72. The van der Waals surface area contributed by atoms with Crippen molar-refractivity contribution in [1.82, 2.24) is 5.32 Å². The molecule has 0 atom stereocenters. The topological polar surface area (TPSA) is 29.1 Å². The highest BCUT2D eigenvalue weighted by atomic mass is 35.5. The lowest BCUT2D eigenvalue weighted by Gasteiger charge is -2.04. The molecule has 0 aliphatic rings. The normalized spacial score (nSPS) is 10.1. The van der Waals surface area contributed by atoms with Gasteiger partial charge in [-0.2, -0.15) is 0 Å². The second-order valence-electron chi connectivity index (χ2n) is 3.40. The molecule has 1 N–H and O–H groups in total. The summed E-state index contributed by atoms with van der Waals surface area (Å²) in [6.07, 6.45) is 1.52. The highest BCUT2D eigenvalue weighted by Gasteiger charge is 1.98. The van der Waals surface area contributed by atoms with Crippen LogP contribution in [0.5, 0.6) is 0 Å². The van der Waals surface area contributed by atoms with E-state index in [-0.39, 0.29) is 5.91 Å². The summed E-state index contributed by atoms with van der Waals surface area (Å²) in [5.74, 6) is 1.02. The highest BCUT2D eigenvalue weighted by molar-refractivity contribution is 7.99. The summed E-state index contributed by atoms with van der Waals surface area (Å²) in [7, 11) is 0. The zero-order valence-corrected chi connectivity index (χ0v) is 10.9. The lowest BCUT2D eigenvalue weighted by atomic mass is 10.3. The molecule has 0 spiro atoms. The van der Waals surface area contributed by atoms with Crippen molar-refractivity contribution in [3.8, 4) is 0 Å². The summed E-state index contributed by atoms with van der Waals surface area (Å²) >= 11 is 7.50. The molecule has 88 valence electrons. The molecule has 1 amide bonds. The van der Waals surface area contributed by atoms with E-state index >= 15 is 0 Å². The van der Waals surface area contributed by atoms with Gasteiger partial charge in [-0.3, -0.25) is 4.79 Å². The Kier molecular flexibility index (Phi) is 6.34.